The highest BCUT2D eigenvalue weighted by molar-refractivity contribution is 7.64. The van der Waals surface area contributed by atoms with Crippen molar-refractivity contribution in [3.63, 3.8) is 0 Å². The molecular formula is C21H36P2. The molecule has 0 amide bonds. The molecule has 0 aromatic rings. The predicted molar refractivity (Wildman–Crippen MR) is 110 cm³/mol. The maximum atomic E-state index is 2.57. The van der Waals surface area contributed by atoms with Gasteiger partial charge in [0.05, 0.1) is 0 Å². The zero-order chi connectivity index (χ0) is 16.3. The second kappa shape index (κ2) is 8.15. The second-order valence-electron chi connectivity index (χ2n) is 8.84. The SMILES string of the molecule is CC(C)(C)PC1C=CC=C1P(C1CCCCC1)C1CCCCC1. The minimum absolute atomic E-state index is 0.115. The van der Waals surface area contributed by atoms with E-state index in [9.17, 15) is 0 Å². The monoisotopic (exact) mass is 350 g/mol. The van der Waals surface area contributed by atoms with Gasteiger partial charge < -0.3 is 0 Å². The highest BCUT2D eigenvalue weighted by Gasteiger charge is 2.37. The molecule has 0 spiro atoms. The maximum Gasteiger partial charge on any atom is 0.0205 e. The van der Waals surface area contributed by atoms with Crippen LogP contribution in [0.2, 0.25) is 0 Å². The van der Waals surface area contributed by atoms with Gasteiger partial charge in [0, 0.05) is 5.66 Å². The first kappa shape index (κ1) is 18.1. The standard InChI is InChI=1S/C21H36P2/c1-21(2,3)22-19-15-10-16-20(19)23(17-11-6-4-7-12-17)18-13-8-5-9-14-18/h10,15-19,22H,4-9,11-14H2,1-3H3. The normalized spacial score (nSPS) is 28.2. The molecule has 2 heteroatoms. The molecule has 130 valence electrons. The lowest BCUT2D eigenvalue weighted by Crippen LogP contribution is -2.23. The second-order valence-corrected chi connectivity index (χ2v) is 14.0. The number of rotatable bonds is 4. The molecule has 0 aromatic carbocycles. The summed E-state index contributed by atoms with van der Waals surface area (Å²) in [7, 11) is 1.17. The quantitative estimate of drug-likeness (QED) is 0.462. The minimum Gasteiger partial charge on any atom is -0.105 e. The van der Waals surface area contributed by atoms with Gasteiger partial charge in [0.2, 0.25) is 0 Å². The summed E-state index contributed by atoms with van der Waals surface area (Å²) in [6.45, 7) is 7.29. The van der Waals surface area contributed by atoms with Crippen LogP contribution in [0, 0.1) is 0 Å². The molecule has 0 radical (unpaired) electrons. The Morgan fingerprint density at radius 3 is 1.87 bits per heavy atom. The summed E-state index contributed by atoms with van der Waals surface area (Å²) in [4.78, 5) is 0. The first-order valence-corrected chi connectivity index (χ1v) is 12.5. The van der Waals surface area contributed by atoms with Gasteiger partial charge in [0.15, 0.2) is 0 Å². The van der Waals surface area contributed by atoms with Gasteiger partial charge in [0.1, 0.15) is 0 Å². The average molecular weight is 350 g/mol. The van der Waals surface area contributed by atoms with Crippen LogP contribution in [-0.2, 0) is 0 Å². The molecule has 3 rings (SSSR count). The van der Waals surface area contributed by atoms with Crippen LogP contribution in [0.3, 0.4) is 0 Å². The van der Waals surface area contributed by atoms with Gasteiger partial charge in [-0.3, -0.25) is 0 Å². The molecule has 2 atom stereocenters. The van der Waals surface area contributed by atoms with Gasteiger partial charge >= 0.3 is 0 Å². The predicted octanol–water partition coefficient (Wildman–Crippen LogP) is 7.43. The topological polar surface area (TPSA) is 0 Å². The Morgan fingerprint density at radius 2 is 1.39 bits per heavy atom. The minimum atomic E-state index is 0.115. The summed E-state index contributed by atoms with van der Waals surface area (Å²) >= 11 is 0. The van der Waals surface area contributed by atoms with E-state index in [1.54, 1.807) is 0 Å². The van der Waals surface area contributed by atoms with Crippen LogP contribution in [0.4, 0.5) is 0 Å². The average Bonchev–Trinajstić information content (AvgIpc) is 2.96. The van der Waals surface area contributed by atoms with E-state index in [0.717, 1.165) is 25.6 Å². The zero-order valence-corrected chi connectivity index (χ0v) is 17.4. The van der Waals surface area contributed by atoms with Crippen LogP contribution in [-0.4, -0.2) is 22.1 Å². The third-order valence-electron chi connectivity index (χ3n) is 5.71. The van der Waals surface area contributed by atoms with E-state index in [1.807, 2.05) is 5.31 Å². The van der Waals surface area contributed by atoms with E-state index >= 15 is 0 Å². The molecule has 0 bridgehead atoms. The van der Waals surface area contributed by atoms with Crippen molar-refractivity contribution in [3.8, 4) is 0 Å². The largest absolute Gasteiger partial charge is 0.105 e. The summed E-state index contributed by atoms with van der Waals surface area (Å²) in [5, 5.41) is 2.38. The molecule has 3 aliphatic carbocycles. The highest BCUT2D eigenvalue weighted by atomic mass is 31.1. The molecule has 0 saturated heterocycles. The maximum absolute atomic E-state index is 2.57. The third kappa shape index (κ3) is 4.92. The lowest BCUT2D eigenvalue weighted by Gasteiger charge is -2.41. The first-order chi connectivity index (χ1) is 11.0. The van der Waals surface area contributed by atoms with Crippen LogP contribution in [0.15, 0.2) is 23.5 Å². The Hall–Kier alpha value is 0.340. The highest BCUT2D eigenvalue weighted by Crippen LogP contribution is 2.65. The van der Waals surface area contributed by atoms with E-state index in [2.05, 4.69) is 39.0 Å². The van der Waals surface area contributed by atoms with Crippen LogP contribution in [0.1, 0.15) is 85.0 Å². The molecule has 0 nitrogen and oxygen atoms in total. The summed E-state index contributed by atoms with van der Waals surface area (Å²) in [5.74, 6) is 0. The van der Waals surface area contributed by atoms with Gasteiger partial charge in [-0.25, -0.2) is 0 Å². The lowest BCUT2D eigenvalue weighted by atomic mass is 9.99. The van der Waals surface area contributed by atoms with Crippen LogP contribution in [0.25, 0.3) is 0 Å². The molecule has 0 heterocycles. The van der Waals surface area contributed by atoms with Crippen molar-refractivity contribution in [3.05, 3.63) is 23.5 Å². The van der Waals surface area contributed by atoms with Crippen molar-refractivity contribution in [2.45, 2.75) is 107 Å². The number of allylic oxidation sites excluding steroid dienone is 4. The van der Waals surface area contributed by atoms with Crippen molar-refractivity contribution in [1.82, 2.24) is 0 Å². The summed E-state index contributed by atoms with van der Waals surface area (Å²) in [5.41, 5.74) is 2.89. The zero-order valence-electron chi connectivity index (χ0n) is 15.5. The smallest absolute Gasteiger partial charge is 0.0205 e. The molecule has 0 aliphatic heterocycles. The summed E-state index contributed by atoms with van der Waals surface area (Å²) in [6, 6.07) is 0. The van der Waals surface area contributed by atoms with Crippen molar-refractivity contribution in [2.24, 2.45) is 0 Å². The Bertz CT molecular complexity index is 413. The molecule has 0 N–H and O–H groups in total. The fraction of sp³-hybridized carbons (Fsp3) is 0.810. The fourth-order valence-corrected chi connectivity index (χ4v) is 10.7. The third-order valence-corrected chi connectivity index (χ3v) is 11.3. The van der Waals surface area contributed by atoms with Crippen molar-refractivity contribution >= 4 is 16.5 Å². The van der Waals surface area contributed by atoms with Crippen LogP contribution < -0.4 is 0 Å². The van der Waals surface area contributed by atoms with E-state index in [1.165, 1.54) is 64.2 Å². The molecule has 2 unspecified atom stereocenters. The summed E-state index contributed by atoms with van der Waals surface area (Å²) in [6.07, 6.45) is 22.6. The molecular weight excluding hydrogens is 314 g/mol. The Kier molecular flexibility index (Phi) is 6.42. The van der Waals surface area contributed by atoms with Crippen LogP contribution in [0.5, 0.6) is 0 Å². The summed E-state index contributed by atoms with van der Waals surface area (Å²) < 4.78 is 0. The molecule has 3 aliphatic rings. The van der Waals surface area contributed by atoms with E-state index < -0.39 is 0 Å². The van der Waals surface area contributed by atoms with Crippen molar-refractivity contribution < 1.29 is 0 Å². The molecule has 23 heavy (non-hydrogen) atoms. The number of hydrogen-bond acceptors (Lipinski definition) is 0. The van der Waals surface area contributed by atoms with Gasteiger partial charge in [0.25, 0.3) is 0 Å². The van der Waals surface area contributed by atoms with Gasteiger partial charge in [-0.2, -0.15) is 0 Å². The Morgan fingerprint density at radius 1 is 0.870 bits per heavy atom. The van der Waals surface area contributed by atoms with E-state index in [-0.39, 0.29) is 7.92 Å². The Balaban J connectivity index is 1.79. The Labute approximate surface area is 147 Å². The molecule has 2 saturated carbocycles. The van der Waals surface area contributed by atoms with Gasteiger partial charge in [-0.15, -0.1) is 8.58 Å². The molecule has 2 fully saturated rings. The van der Waals surface area contributed by atoms with E-state index in [4.69, 9.17) is 0 Å². The first-order valence-electron chi connectivity index (χ1n) is 9.99. The van der Waals surface area contributed by atoms with Gasteiger partial charge in [-0.1, -0.05) is 85.4 Å². The van der Waals surface area contributed by atoms with Crippen molar-refractivity contribution in [1.29, 1.82) is 0 Å². The van der Waals surface area contributed by atoms with Crippen LogP contribution >= 0.6 is 16.5 Å². The lowest BCUT2D eigenvalue weighted by molar-refractivity contribution is 0.486. The fourth-order valence-electron chi connectivity index (χ4n) is 4.74. The number of hydrogen-bond donors (Lipinski definition) is 0. The van der Waals surface area contributed by atoms with Gasteiger partial charge in [-0.05, 0) is 47.5 Å². The van der Waals surface area contributed by atoms with E-state index in [0.29, 0.717) is 5.16 Å². The van der Waals surface area contributed by atoms with Crippen molar-refractivity contribution in [2.75, 3.05) is 0 Å². The molecule has 0 aromatic heterocycles.